The number of aromatic nitrogens is 1. The summed E-state index contributed by atoms with van der Waals surface area (Å²) in [4.78, 5) is 5.51. The maximum Gasteiger partial charge on any atom is 0.241 e. The van der Waals surface area contributed by atoms with Gasteiger partial charge in [0.05, 0.1) is 35.9 Å². The first-order valence-electron chi connectivity index (χ1n) is 13.0. The van der Waals surface area contributed by atoms with Crippen LogP contribution in [0.4, 0.5) is 0 Å². The van der Waals surface area contributed by atoms with Crippen LogP contribution in [-0.2, 0) is 10.0 Å². The number of nitrogens with zero attached hydrogens (tertiary/aromatic N) is 1. The van der Waals surface area contributed by atoms with Gasteiger partial charge in [-0.1, -0.05) is 48.5 Å². The second-order valence-electron chi connectivity index (χ2n) is 9.65. The molecule has 7 nitrogen and oxygen atoms in total. The average Bonchev–Trinajstić information content (AvgIpc) is 3.27. The highest BCUT2D eigenvalue weighted by molar-refractivity contribution is 7.89. The van der Waals surface area contributed by atoms with Crippen LogP contribution in [-0.4, -0.2) is 31.7 Å². The highest BCUT2D eigenvalue weighted by atomic mass is 32.2. The van der Waals surface area contributed by atoms with Crippen molar-refractivity contribution in [2.24, 2.45) is 0 Å². The first-order chi connectivity index (χ1) is 19.4. The van der Waals surface area contributed by atoms with Gasteiger partial charge >= 0.3 is 0 Å². The fourth-order valence-electron chi connectivity index (χ4n) is 4.75. The molecule has 1 aliphatic heterocycles. The molecule has 40 heavy (non-hydrogen) atoms. The molecule has 204 valence electrons. The molecule has 0 saturated carbocycles. The van der Waals surface area contributed by atoms with Crippen molar-refractivity contribution in [2.75, 3.05) is 13.2 Å². The predicted octanol–water partition coefficient (Wildman–Crippen LogP) is 6.25. The van der Waals surface area contributed by atoms with Gasteiger partial charge in [-0.05, 0) is 53.8 Å². The number of aliphatic hydroxyl groups is 1. The van der Waals surface area contributed by atoms with Crippen molar-refractivity contribution >= 4 is 31.4 Å². The smallest absolute Gasteiger partial charge is 0.241 e. The van der Waals surface area contributed by atoms with E-state index in [-0.39, 0.29) is 4.90 Å². The summed E-state index contributed by atoms with van der Waals surface area (Å²) < 4.78 is 42.8. The number of pyridine rings is 1. The number of thiophene rings is 1. The van der Waals surface area contributed by atoms with Crippen LogP contribution in [0.1, 0.15) is 41.5 Å². The van der Waals surface area contributed by atoms with Crippen LogP contribution >= 0.6 is 11.3 Å². The molecule has 0 aliphatic carbocycles. The molecule has 2 N–H and O–H groups in total. The number of rotatable bonds is 7. The number of sulfonamides is 1. The van der Waals surface area contributed by atoms with E-state index in [1.165, 1.54) is 17.4 Å². The minimum Gasteiger partial charge on any atom is -0.490 e. The Kier molecular flexibility index (Phi) is 7.29. The van der Waals surface area contributed by atoms with Crippen LogP contribution in [0.2, 0.25) is 0 Å². The molecule has 0 spiro atoms. The van der Waals surface area contributed by atoms with Crippen molar-refractivity contribution < 1.29 is 23.0 Å². The number of hydrogen-bond donors (Lipinski definition) is 2. The predicted molar refractivity (Wildman–Crippen MR) is 156 cm³/mol. The summed E-state index contributed by atoms with van der Waals surface area (Å²) in [5.41, 5.74) is 3.28. The van der Waals surface area contributed by atoms with Gasteiger partial charge in [-0.25, -0.2) is 8.42 Å². The number of ether oxygens (including phenoxy) is 2. The standard InChI is InChI=1S/C31H28N2O5S2/c1-20(34)22-13-14-32-26(17-22)25-10-5-9-23-18-29(39-31(23)25)30(21-7-3-2-4-8-21)33-40(35,36)24-11-12-27-28(19-24)38-16-6-15-37-27/h2-5,7-14,17-20,30,33-34H,6,15-16H2,1H3/t20?,30-/m1/s1. The van der Waals surface area contributed by atoms with E-state index in [1.807, 2.05) is 60.7 Å². The van der Waals surface area contributed by atoms with Crippen molar-refractivity contribution in [1.82, 2.24) is 9.71 Å². The fraction of sp³-hybridized carbons (Fsp3) is 0.194. The Morgan fingerprint density at radius 1 is 0.900 bits per heavy atom. The van der Waals surface area contributed by atoms with Gasteiger partial charge in [-0.2, -0.15) is 4.72 Å². The van der Waals surface area contributed by atoms with Crippen molar-refractivity contribution in [1.29, 1.82) is 0 Å². The van der Waals surface area contributed by atoms with Crippen LogP contribution in [0.3, 0.4) is 0 Å². The Bertz CT molecular complexity index is 1770. The Morgan fingerprint density at radius 3 is 2.50 bits per heavy atom. The van der Waals surface area contributed by atoms with Crippen LogP contribution in [0.5, 0.6) is 11.5 Å². The van der Waals surface area contributed by atoms with Crippen LogP contribution < -0.4 is 14.2 Å². The molecule has 2 atom stereocenters. The minimum atomic E-state index is -3.94. The molecule has 3 aromatic carbocycles. The summed E-state index contributed by atoms with van der Waals surface area (Å²) in [7, 11) is -3.94. The lowest BCUT2D eigenvalue weighted by Crippen LogP contribution is -2.29. The van der Waals surface area contributed by atoms with E-state index in [0.29, 0.717) is 24.7 Å². The molecule has 0 radical (unpaired) electrons. The summed E-state index contributed by atoms with van der Waals surface area (Å²) in [5, 5.41) is 11.1. The van der Waals surface area contributed by atoms with E-state index < -0.39 is 22.2 Å². The maximum absolute atomic E-state index is 13.7. The lowest BCUT2D eigenvalue weighted by atomic mass is 10.0. The lowest BCUT2D eigenvalue weighted by Gasteiger charge is -2.19. The summed E-state index contributed by atoms with van der Waals surface area (Å²) in [5.74, 6) is 0.969. The number of aliphatic hydroxyl groups excluding tert-OH is 1. The largest absolute Gasteiger partial charge is 0.490 e. The highest BCUT2D eigenvalue weighted by Crippen LogP contribution is 2.40. The van der Waals surface area contributed by atoms with Gasteiger partial charge in [-0.15, -0.1) is 11.3 Å². The molecule has 0 fully saturated rings. The Balaban J connectivity index is 1.41. The fourth-order valence-corrected chi connectivity index (χ4v) is 7.31. The van der Waals surface area contributed by atoms with Gasteiger partial charge in [0, 0.05) is 33.8 Å². The van der Waals surface area contributed by atoms with E-state index >= 15 is 0 Å². The summed E-state index contributed by atoms with van der Waals surface area (Å²) >= 11 is 1.52. The monoisotopic (exact) mass is 572 g/mol. The third-order valence-electron chi connectivity index (χ3n) is 6.83. The van der Waals surface area contributed by atoms with Gasteiger partial charge in [0.1, 0.15) is 0 Å². The van der Waals surface area contributed by atoms with Crippen molar-refractivity contribution in [2.45, 2.75) is 30.4 Å². The number of nitrogens with one attached hydrogen (secondary N) is 1. The molecule has 9 heteroatoms. The van der Waals surface area contributed by atoms with Crippen LogP contribution in [0.25, 0.3) is 21.3 Å². The molecule has 2 aromatic heterocycles. The zero-order valence-corrected chi connectivity index (χ0v) is 23.4. The first-order valence-corrected chi connectivity index (χ1v) is 15.3. The van der Waals surface area contributed by atoms with Crippen LogP contribution in [0, 0.1) is 0 Å². The molecule has 1 unspecified atom stereocenters. The van der Waals surface area contributed by atoms with Gasteiger partial charge in [0.15, 0.2) is 11.5 Å². The van der Waals surface area contributed by atoms with Gasteiger partial charge < -0.3 is 14.6 Å². The maximum atomic E-state index is 13.7. The Labute approximate surface area is 237 Å². The average molecular weight is 573 g/mol. The molecule has 1 aliphatic rings. The molecule has 0 amide bonds. The highest BCUT2D eigenvalue weighted by Gasteiger charge is 2.26. The van der Waals surface area contributed by atoms with Crippen molar-refractivity contribution in [3.05, 3.63) is 107 Å². The molecular formula is C31H28N2O5S2. The Hall–Kier alpha value is -3.76. The summed E-state index contributed by atoms with van der Waals surface area (Å²) in [6, 6.07) is 25.3. The van der Waals surface area contributed by atoms with E-state index in [1.54, 1.807) is 31.3 Å². The first kappa shape index (κ1) is 26.5. The zero-order valence-electron chi connectivity index (χ0n) is 21.8. The number of hydrogen-bond acceptors (Lipinski definition) is 7. The SMILES string of the molecule is CC(O)c1ccnc(-c2cccc3cc([C@H](NS(=O)(=O)c4ccc5c(c4)OCCCO5)c4ccccc4)sc23)c1. The Morgan fingerprint density at radius 2 is 1.70 bits per heavy atom. The minimum absolute atomic E-state index is 0.110. The summed E-state index contributed by atoms with van der Waals surface area (Å²) in [6.07, 6.45) is 1.82. The summed E-state index contributed by atoms with van der Waals surface area (Å²) in [6.45, 7) is 2.72. The van der Waals surface area contributed by atoms with E-state index in [0.717, 1.165) is 43.8 Å². The van der Waals surface area contributed by atoms with Gasteiger partial charge in [0.25, 0.3) is 0 Å². The molecular weight excluding hydrogens is 544 g/mol. The lowest BCUT2D eigenvalue weighted by molar-refractivity contribution is 0.199. The van der Waals surface area contributed by atoms with E-state index in [9.17, 15) is 13.5 Å². The second kappa shape index (κ2) is 11.0. The second-order valence-corrected chi connectivity index (χ2v) is 12.4. The van der Waals surface area contributed by atoms with E-state index in [2.05, 4.69) is 9.71 Å². The third kappa shape index (κ3) is 5.33. The third-order valence-corrected chi connectivity index (χ3v) is 9.49. The van der Waals surface area contributed by atoms with Gasteiger partial charge in [-0.3, -0.25) is 4.98 Å². The van der Waals surface area contributed by atoms with Gasteiger partial charge in [0.2, 0.25) is 10.0 Å². The van der Waals surface area contributed by atoms with Crippen molar-refractivity contribution in [3.63, 3.8) is 0 Å². The molecule has 0 saturated heterocycles. The quantitative estimate of drug-likeness (QED) is 0.239. The molecule has 0 bridgehead atoms. The topological polar surface area (TPSA) is 97.8 Å². The van der Waals surface area contributed by atoms with Crippen LogP contribution in [0.15, 0.2) is 96.0 Å². The zero-order chi connectivity index (χ0) is 27.7. The molecule has 6 rings (SSSR count). The number of benzene rings is 3. The van der Waals surface area contributed by atoms with Crippen molar-refractivity contribution in [3.8, 4) is 22.8 Å². The molecule has 5 aromatic rings. The van der Waals surface area contributed by atoms with E-state index in [4.69, 9.17) is 9.47 Å². The molecule has 3 heterocycles. The normalized spacial score (nSPS) is 14.9. The number of fused-ring (bicyclic) bond motifs is 2.